The van der Waals surface area contributed by atoms with Gasteiger partial charge in [0.2, 0.25) is 0 Å². The fourth-order valence-electron chi connectivity index (χ4n) is 1.82. The Bertz CT molecular complexity index is 573. The van der Waals surface area contributed by atoms with E-state index >= 15 is 0 Å². The van der Waals surface area contributed by atoms with E-state index in [1.165, 1.54) is 10.5 Å². The molecule has 0 amide bonds. The maximum Gasteiger partial charge on any atom is 0.0569 e. The van der Waals surface area contributed by atoms with Crippen LogP contribution in [0.25, 0.3) is 0 Å². The molecule has 2 rings (SSSR count). The summed E-state index contributed by atoms with van der Waals surface area (Å²) in [5.74, 6) is 6.42. The summed E-state index contributed by atoms with van der Waals surface area (Å²) in [6.07, 6.45) is 0. The lowest BCUT2D eigenvalue weighted by atomic mass is 10.1. The van der Waals surface area contributed by atoms with Crippen LogP contribution in [0.3, 0.4) is 0 Å². The third-order valence-corrected chi connectivity index (χ3v) is 4.66. The van der Waals surface area contributed by atoms with Crippen LogP contribution in [-0.4, -0.2) is 5.75 Å². The van der Waals surface area contributed by atoms with Gasteiger partial charge in [0.25, 0.3) is 0 Å². The number of rotatable bonds is 5. The van der Waals surface area contributed by atoms with Crippen molar-refractivity contribution in [2.45, 2.75) is 17.9 Å². The summed E-state index contributed by atoms with van der Waals surface area (Å²) in [5.41, 5.74) is 4.97. The molecular formula is C15H16Cl2N2S. The quantitative estimate of drug-likeness (QED) is 0.479. The van der Waals surface area contributed by atoms with Crippen molar-refractivity contribution in [2.75, 3.05) is 5.75 Å². The number of thioether (sulfide) groups is 1. The maximum atomic E-state index is 6.21. The Balaban J connectivity index is 2.09. The van der Waals surface area contributed by atoms with Gasteiger partial charge in [0.1, 0.15) is 0 Å². The van der Waals surface area contributed by atoms with Crippen molar-refractivity contribution >= 4 is 35.0 Å². The molecule has 2 aromatic rings. The average Bonchev–Trinajstić information content (AvgIpc) is 2.45. The summed E-state index contributed by atoms with van der Waals surface area (Å²) in [4.78, 5) is 1.20. The minimum atomic E-state index is -0.0486. The molecule has 0 spiro atoms. The topological polar surface area (TPSA) is 38.0 Å². The minimum absolute atomic E-state index is 0.0486. The molecular weight excluding hydrogens is 311 g/mol. The molecule has 20 heavy (non-hydrogen) atoms. The summed E-state index contributed by atoms with van der Waals surface area (Å²) in [7, 11) is 0. The largest absolute Gasteiger partial charge is 0.271 e. The van der Waals surface area contributed by atoms with Crippen molar-refractivity contribution in [1.82, 2.24) is 5.43 Å². The van der Waals surface area contributed by atoms with E-state index in [4.69, 9.17) is 29.0 Å². The smallest absolute Gasteiger partial charge is 0.0569 e. The molecule has 0 aliphatic heterocycles. The lowest BCUT2D eigenvalue weighted by Gasteiger charge is -2.17. The zero-order chi connectivity index (χ0) is 14.5. The molecule has 5 heteroatoms. The zero-order valence-electron chi connectivity index (χ0n) is 11.1. The Morgan fingerprint density at radius 3 is 2.50 bits per heavy atom. The van der Waals surface area contributed by atoms with Gasteiger partial charge in [-0.25, -0.2) is 0 Å². The first-order chi connectivity index (χ1) is 9.60. The van der Waals surface area contributed by atoms with Crippen molar-refractivity contribution in [3.63, 3.8) is 0 Å². The van der Waals surface area contributed by atoms with Crippen molar-refractivity contribution < 1.29 is 0 Å². The fraction of sp³-hybridized carbons (Fsp3) is 0.200. The number of nitrogens with one attached hydrogen (secondary N) is 1. The lowest BCUT2D eigenvalue weighted by Crippen LogP contribution is -2.29. The lowest BCUT2D eigenvalue weighted by molar-refractivity contribution is 0.611. The maximum absolute atomic E-state index is 6.21. The van der Waals surface area contributed by atoms with Gasteiger partial charge in [0.15, 0.2) is 0 Å². The zero-order valence-corrected chi connectivity index (χ0v) is 13.4. The van der Waals surface area contributed by atoms with Crippen molar-refractivity contribution in [3.8, 4) is 0 Å². The molecule has 106 valence electrons. The third kappa shape index (κ3) is 4.14. The van der Waals surface area contributed by atoms with E-state index in [9.17, 15) is 0 Å². The number of hydrazine groups is 1. The summed E-state index contributed by atoms with van der Waals surface area (Å²) in [6, 6.07) is 13.8. The van der Waals surface area contributed by atoms with Crippen molar-refractivity contribution in [1.29, 1.82) is 0 Å². The Hall–Kier alpha value is -0.710. The molecule has 0 saturated heterocycles. The van der Waals surface area contributed by atoms with Gasteiger partial charge < -0.3 is 0 Å². The highest BCUT2D eigenvalue weighted by Gasteiger charge is 2.14. The number of benzene rings is 2. The second kappa shape index (κ2) is 7.34. The second-order valence-corrected chi connectivity index (χ2v) is 6.45. The Morgan fingerprint density at radius 1 is 1.15 bits per heavy atom. The van der Waals surface area contributed by atoms with Gasteiger partial charge in [0.05, 0.1) is 6.04 Å². The van der Waals surface area contributed by atoms with E-state index in [-0.39, 0.29) is 6.04 Å². The van der Waals surface area contributed by atoms with Gasteiger partial charge in [-0.3, -0.25) is 11.3 Å². The van der Waals surface area contributed by atoms with Crippen LogP contribution in [-0.2, 0) is 0 Å². The van der Waals surface area contributed by atoms with Crippen LogP contribution in [0.2, 0.25) is 10.0 Å². The minimum Gasteiger partial charge on any atom is -0.271 e. The summed E-state index contributed by atoms with van der Waals surface area (Å²) < 4.78 is 0. The number of halogens is 2. The number of hydrogen-bond donors (Lipinski definition) is 2. The predicted octanol–water partition coefficient (Wildman–Crippen LogP) is 4.60. The summed E-state index contributed by atoms with van der Waals surface area (Å²) >= 11 is 14.0. The molecule has 0 heterocycles. The highest BCUT2D eigenvalue weighted by molar-refractivity contribution is 7.99. The molecule has 0 aromatic heterocycles. The summed E-state index contributed by atoms with van der Waals surface area (Å²) in [6.45, 7) is 2.07. The third-order valence-electron chi connectivity index (χ3n) is 2.97. The number of nitrogens with two attached hydrogens (primary N) is 1. The van der Waals surface area contributed by atoms with Crippen LogP contribution >= 0.6 is 35.0 Å². The van der Waals surface area contributed by atoms with Gasteiger partial charge in [-0.1, -0.05) is 40.9 Å². The van der Waals surface area contributed by atoms with Crippen LogP contribution in [0.5, 0.6) is 0 Å². The highest BCUT2D eigenvalue weighted by Crippen LogP contribution is 2.30. The molecule has 3 N–H and O–H groups in total. The van der Waals surface area contributed by atoms with Gasteiger partial charge in [-0.05, 0) is 42.8 Å². The van der Waals surface area contributed by atoms with Crippen LogP contribution < -0.4 is 11.3 Å². The molecule has 0 aliphatic rings. The SMILES string of the molecule is Cc1ccc(SCC(NN)c2cc(Cl)ccc2Cl)cc1. The van der Waals surface area contributed by atoms with E-state index in [1.54, 1.807) is 23.9 Å². The van der Waals surface area contributed by atoms with Crippen molar-refractivity contribution in [3.05, 3.63) is 63.6 Å². The molecule has 0 fully saturated rings. The molecule has 0 radical (unpaired) electrons. The van der Waals surface area contributed by atoms with Gasteiger partial charge in [-0.2, -0.15) is 0 Å². The first-order valence-corrected chi connectivity index (χ1v) is 7.95. The standard InChI is InChI=1S/C15H16Cl2N2S/c1-10-2-5-12(6-3-10)20-9-15(19-18)13-8-11(16)4-7-14(13)17/h2-8,15,19H,9,18H2,1H3. The van der Waals surface area contributed by atoms with E-state index < -0.39 is 0 Å². The van der Waals surface area contributed by atoms with Crippen LogP contribution in [0.1, 0.15) is 17.2 Å². The Kier molecular flexibility index (Phi) is 5.75. The monoisotopic (exact) mass is 326 g/mol. The number of hydrogen-bond acceptors (Lipinski definition) is 3. The molecule has 0 aliphatic carbocycles. The molecule has 0 saturated carbocycles. The highest BCUT2D eigenvalue weighted by atomic mass is 35.5. The first-order valence-electron chi connectivity index (χ1n) is 6.20. The normalized spacial score (nSPS) is 12.4. The average molecular weight is 327 g/mol. The van der Waals surface area contributed by atoms with Crippen LogP contribution in [0.4, 0.5) is 0 Å². The fourth-order valence-corrected chi connectivity index (χ4v) is 3.22. The second-order valence-electron chi connectivity index (χ2n) is 4.51. The van der Waals surface area contributed by atoms with Crippen molar-refractivity contribution in [2.24, 2.45) is 5.84 Å². The van der Waals surface area contributed by atoms with Gasteiger partial charge >= 0.3 is 0 Å². The molecule has 2 nitrogen and oxygen atoms in total. The van der Waals surface area contributed by atoms with E-state index in [2.05, 4.69) is 36.6 Å². The molecule has 1 unspecified atom stereocenters. The van der Waals surface area contributed by atoms with Gasteiger partial charge in [-0.15, -0.1) is 11.8 Å². The number of aryl methyl sites for hydroxylation is 1. The first kappa shape index (κ1) is 15.7. The van der Waals surface area contributed by atoms with Crippen LogP contribution in [0.15, 0.2) is 47.4 Å². The van der Waals surface area contributed by atoms with E-state index in [0.717, 1.165) is 11.3 Å². The molecule has 1 atom stereocenters. The predicted molar refractivity (Wildman–Crippen MR) is 88.4 cm³/mol. The molecule has 0 bridgehead atoms. The molecule has 2 aromatic carbocycles. The Labute approximate surface area is 133 Å². The Morgan fingerprint density at radius 2 is 1.85 bits per heavy atom. The van der Waals surface area contributed by atoms with E-state index in [0.29, 0.717) is 10.0 Å². The van der Waals surface area contributed by atoms with Crippen LogP contribution in [0, 0.1) is 6.92 Å². The summed E-state index contributed by atoms with van der Waals surface area (Å²) in [5, 5.41) is 1.33. The van der Waals surface area contributed by atoms with Gasteiger partial charge in [0, 0.05) is 20.7 Å². The van der Waals surface area contributed by atoms with E-state index in [1.807, 2.05) is 6.07 Å².